The third-order valence-electron chi connectivity index (χ3n) is 4.80. The molecule has 33 heavy (non-hydrogen) atoms. The van der Waals surface area contributed by atoms with Crippen LogP contribution in [0.25, 0.3) is 0 Å². The molecule has 3 atom stereocenters. The molecule has 8 nitrogen and oxygen atoms in total. The molecular weight excluding hydrogens is 537 g/mol. The molecule has 0 aliphatic rings. The van der Waals surface area contributed by atoms with Gasteiger partial charge in [-0.2, -0.15) is 0 Å². The van der Waals surface area contributed by atoms with Gasteiger partial charge in [-0.25, -0.2) is 15.0 Å². The van der Waals surface area contributed by atoms with Crippen molar-refractivity contribution in [2.75, 3.05) is 6.54 Å². The molecule has 1 aromatic rings. The molecule has 4 N–H and O–H groups in total. The van der Waals surface area contributed by atoms with Gasteiger partial charge < -0.3 is 19.9 Å². The second kappa shape index (κ2) is 13.3. The molecule has 0 aliphatic heterocycles. The van der Waals surface area contributed by atoms with Gasteiger partial charge in [0.15, 0.2) is 0 Å². The van der Waals surface area contributed by atoms with Gasteiger partial charge in [-0.05, 0) is 79.3 Å². The SMILES string of the molecule is CCCC(OC(=O)NNCC(O)C(Cc1ccc(I)cc1)NC(=O)OC(C)(C)C)C(C)(C)C. The van der Waals surface area contributed by atoms with E-state index in [4.69, 9.17) is 9.47 Å². The Morgan fingerprint density at radius 3 is 2.18 bits per heavy atom. The molecule has 0 fully saturated rings. The highest BCUT2D eigenvalue weighted by Gasteiger charge is 2.28. The monoisotopic (exact) mass is 577 g/mol. The second-order valence-corrected chi connectivity index (χ2v) is 11.5. The lowest BCUT2D eigenvalue weighted by molar-refractivity contribution is 0.0218. The highest BCUT2D eigenvalue weighted by atomic mass is 127. The van der Waals surface area contributed by atoms with Crippen molar-refractivity contribution in [1.29, 1.82) is 0 Å². The molecule has 1 aromatic carbocycles. The average Bonchev–Trinajstić information content (AvgIpc) is 2.66. The van der Waals surface area contributed by atoms with Crippen LogP contribution in [0.2, 0.25) is 0 Å². The van der Waals surface area contributed by atoms with Crippen molar-refractivity contribution in [2.24, 2.45) is 5.41 Å². The summed E-state index contributed by atoms with van der Waals surface area (Å²) in [6, 6.07) is 7.19. The third kappa shape index (κ3) is 12.4. The van der Waals surface area contributed by atoms with E-state index in [1.54, 1.807) is 20.8 Å². The number of aliphatic hydroxyl groups excluding tert-OH is 1. The minimum Gasteiger partial charge on any atom is -0.445 e. The molecule has 0 heterocycles. The van der Waals surface area contributed by atoms with Crippen molar-refractivity contribution in [1.82, 2.24) is 16.2 Å². The van der Waals surface area contributed by atoms with E-state index in [-0.39, 0.29) is 18.1 Å². The molecule has 0 saturated carbocycles. The van der Waals surface area contributed by atoms with E-state index < -0.39 is 29.9 Å². The quantitative estimate of drug-likeness (QED) is 0.240. The van der Waals surface area contributed by atoms with Gasteiger partial charge in [-0.3, -0.25) is 5.43 Å². The van der Waals surface area contributed by atoms with Crippen LogP contribution in [0.15, 0.2) is 24.3 Å². The maximum Gasteiger partial charge on any atom is 0.421 e. The summed E-state index contributed by atoms with van der Waals surface area (Å²) in [4.78, 5) is 24.5. The topological polar surface area (TPSA) is 109 Å². The molecule has 0 aromatic heterocycles. The lowest BCUT2D eigenvalue weighted by Crippen LogP contribution is -2.52. The maximum absolute atomic E-state index is 12.3. The number of carbonyl (C=O) groups excluding carboxylic acids is 2. The zero-order valence-corrected chi connectivity index (χ0v) is 23.0. The van der Waals surface area contributed by atoms with Crippen molar-refractivity contribution >= 4 is 34.8 Å². The number of ether oxygens (including phenoxy) is 2. The minimum absolute atomic E-state index is 0.00783. The standard InChI is InChI=1S/C24H40IN3O5/c1-8-9-20(23(2,3)4)32-22(31)28-26-15-19(29)18(27-21(30)33-24(5,6)7)14-16-10-12-17(25)13-11-16/h10-13,18-20,26,29H,8-9,14-15H2,1-7H3,(H,27,30)(H,28,31). The van der Waals surface area contributed by atoms with Gasteiger partial charge in [-0.15, -0.1) is 0 Å². The van der Waals surface area contributed by atoms with E-state index in [1.807, 2.05) is 52.0 Å². The van der Waals surface area contributed by atoms with E-state index >= 15 is 0 Å². The number of nitrogens with one attached hydrogen (secondary N) is 3. The van der Waals surface area contributed by atoms with Gasteiger partial charge in [-0.1, -0.05) is 46.2 Å². The third-order valence-corrected chi connectivity index (χ3v) is 5.52. The first-order valence-electron chi connectivity index (χ1n) is 11.3. The fraction of sp³-hybridized carbons (Fsp3) is 0.667. The molecule has 2 amide bonds. The summed E-state index contributed by atoms with van der Waals surface area (Å²) in [5, 5.41) is 13.5. The lowest BCUT2D eigenvalue weighted by Gasteiger charge is -2.30. The first-order chi connectivity index (χ1) is 15.2. The summed E-state index contributed by atoms with van der Waals surface area (Å²) < 4.78 is 12.0. The second-order valence-electron chi connectivity index (χ2n) is 10.2. The number of halogens is 1. The average molecular weight is 578 g/mol. The number of hydrogen-bond acceptors (Lipinski definition) is 6. The Kier molecular flexibility index (Phi) is 11.9. The summed E-state index contributed by atoms with van der Waals surface area (Å²) in [5.74, 6) is 0. The van der Waals surface area contributed by atoms with Crippen LogP contribution < -0.4 is 16.2 Å². The lowest BCUT2D eigenvalue weighted by atomic mass is 9.86. The van der Waals surface area contributed by atoms with Crippen LogP contribution in [-0.4, -0.2) is 47.7 Å². The number of benzene rings is 1. The molecule has 0 spiro atoms. The summed E-state index contributed by atoms with van der Waals surface area (Å²) in [6.07, 6.45) is -0.383. The number of hydrazine groups is 1. The molecule has 0 radical (unpaired) electrons. The van der Waals surface area contributed by atoms with Crippen LogP contribution in [0.4, 0.5) is 9.59 Å². The smallest absolute Gasteiger partial charge is 0.421 e. The van der Waals surface area contributed by atoms with Gasteiger partial charge in [0.2, 0.25) is 0 Å². The van der Waals surface area contributed by atoms with Crippen LogP contribution in [0.3, 0.4) is 0 Å². The Morgan fingerprint density at radius 1 is 1.06 bits per heavy atom. The summed E-state index contributed by atoms with van der Waals surface area (Å²) >= 11 is 2.22. The van der Waals surface area contributed by atoms with Crippen molar-refractivity contribution in [3.05, 3.63) is 33.4 Å². The summed E-state index contributed by atoms with van der Waals surface area (Å²) in [6.45, 7) is 13.4. The normalized spacial score (nSPS) is 14.7. The van der Waals surface area contributed by atoms with Crippen LogP contribution in [0.1, 0.15) is 66.9 Å². The molecule has 1 rings (SSSR count). The molecule has 3 unspecified atom stereocenters. The van der Waals surface area contributed by atoms with Crippen LogP contribution in [0.5, 0.6) is 0 Å². The fourth-order valence-corrected chi connectivity index (χ4v) is 3.44. The van der Waals surface area contributed by atoms with Crippen LogP contribution in [0, 0.1) is 8.99 Å². The van der Waals surface area contributed by atoms with Crippen molar-refractivity contribution in [3.8, 4) is 0 Å². The molecule has 0 saturated heterocycles. The Hall–Kier alpha value is -1.59. The van der Waals surface area contributed by atoms with Gasteiger partial charge in [0.05, 0.1) is 12.1 Å². The predicted molar refractivity (Wildman–Crippen MR) is 138 cm³/mol. The van der Waals surface area contributed by atoms with Gasteiger partial charge in [0.25, 0.3) is 0 Å². The first kappa shape index (κ1) is 29.4. The highest BCUT2D eigenvalue weighted by Crippen LogP contribution is 2.25. The fourth-order valence-electron chi connectivity index (χ4n) is 3.08. The summed E-state index contributed by atoms with van der Waals surface area (Å²) in [5.41, 5.74) is 5.31. The Balaban J connectivity index is 2.72. The van der Waals surface area contributed by atoms with E-state index in [0.29, 0.717) is 6.42 Å². The van der Waals surface area contributed by atoms with Crippen molar-refractivity contribution in [2.45, 2.75) is 91.6 Å². The number of alkyl carbamates (subject to hydrolysis) is 1. The van der Waals surface area contributed by atoms with E-state index in [0.717, 1.165) is 22.0 Å². The minimum atomic E-state index is -0.994. The highest BCUT2D eigenvalue weighted by molar-refractivity contribution is 14.1. The maximum atomic E-state index is 12.3. The van der Waals surface area contributed by atoms with E-state index in [2.05, 4.69) is 38.8 Å². The predicted octanol–water partition coefficient (Wildman–Crippen LogP) is 4.53. The number of carbonyl (C=O) groups is 2. The van der Waals surface area contributed by atoms with Crippen LogP contribution >= 0.6 is 22.6 Å². The molecular formula is C24H40IN3O5. The molecule has 188 valence electrons. The molecule has 0 aliphatic carbocycles. The number of aliphatic hydroxyl groups is 1. The van der Waals surface area contributed by atoms with Crippen molar-refractivity contribution in [3.63, 3.8) is 0 Å². The molecule has 0 bridgehead atoms. The Bertz CT molecular complexity index is 744. The number of amides is 2. The van der Waals surface area contributed by atoms with E-state index in [9.17, 15) is 14.7 Å². The van der Waals surface area contributed by atoms with E-state index in [1.165, 1.54) is 0 Å². The number of rotatable bonds is 10. The Labute approximate surface area is 211 Å². The zero-order chi connectivity index (χ0) is 25.2. The first-order valence-corrected chi connectivity index (χ1v) is 12.4. The van der Waals surface area contributed by atoms with Crippen molar-refractivity contribution < 1.29 is 24.2 Å². The van der Waals surface area contributed by atoms with Gasteiger partial charge in [0, 0.05) is 10.1 Å². The molecule has 9 heteroatoms. The zero-order valence-electron chi connectivity index (χ0n) is 20.8. The summed E-state index contributed by atoms with van der Waals surface area (Å²) in [7, 11) is 0. The number of hydrogen-bond donors (Lipinski definition) is 4. The van der Waals surface area contributed by atoms with Crippen LogP contribution in [-0.2, 0) is 15.9 Å². The largest absolute Gasteiger partial charge is 0.445 e. The van der Waals surface area contributed by atoms with Gasteiger partial charge >= 0.3 is 12.2 Å². The van der Waals surface area contributed by atoms with Gasteiger partial charge in [0.1, 0.15) is 11.7 Å². The Morgan fingerprint density at radius 2 is 1.67 bits per heavy atom.